The third-order valence-corrected chi connectivity index (χ3v) is 5.55. The van der Waals surface area contributed by atoms with Crippen LogP contribution in [-0.2, 0) is 25.0 Å². The lowest BCUT2D eigenvalue weighted by atomic mass is 10.3. The van der Waals surface area contributed by atoms with Gasteiger partial charge in [0.05, 0.1) is 25.5 Å². The van der Waals surface area contributed by atoms with Gasteiger partial charge in [0.1, 0.15) is 5.69 Å². The Labute approximate surface area is 179 Å². The van der Waals surface area contributed by atoms with Crippen LogP contribution < -0.4 is 11.2 Å². The zero-order valence-electron chi connectivity index (χ0n) is 14.4. The van der Waals surface area contributed by atoms with E-state index in [2.05, 4.69) is 20.8 Å². The molecule has 0 aromatic heterocycles. The van der Waals surface area contributed by atoms with Crippen molar-refractivity contribution in [1.29, 1.82) is 0 Å². The van der Waals surface area contributed by atoms with E-state index in [1.165, 1.54) is 0 Å². The first kappa shape index (κ1) is 23.7. The van der Waals surface area contributed by atoms with Gasteiger partial charge in [-0.1, -0.05) is 23.2 Å². The average Bonchev–Trinajstić information content (AvgIpc) is 2.62. The van der Waals surface area contributed by atoms with Gasteiger partial charge in [0, 0.05) is 0 Å². The summed E-state index contributed by atoms with van der Waals surface area (Å²) < 4.78 is 62.9. The summed E-state index contributed by atoms with van der Waals surface area (Å²) in [5.41, 5.74) is 7.04. The van der Waals surface area contributed by atoms with Gasteiger partial charge in [0.2, 0.25) is 0 Å². The molecule has 0 aliphatic heterocycles. The largest absolute Gasteiger partial charge is 0.363 e. The molecule has 0 radical (unpaired) electrons. The zero-order valence-corrected chi connectivity index (χ0v) is 17.5. The molecule has 16 heteroatoms. The van der Waals surface area contributed by atoms with Gasteiger partial charge >= 0.3 is 0 Å². The Morgan fingerprint density at radius 2 is 1.47 bits per heavy atom. The standard InChI is InChI=1S/C14H11Cl2N5O7S2/c15-9-3-1-7(29(23,24)25)5-11(9)18-20-14(13(17)22)21-19-12-6-8(30(26,27)28)2-4-10(12)16/h1-6,18H,(H2,17,22)(H,23,24,25)(H,26,27,28)/b20-14-,21-19?. The zero-order chi connectivity index (χ0) is 22.7. The molecule has 1 amide bonds. The van der Waals surface area contributed by atoms with Crippen molar-refractivity contribution in [3.05, 3.63) is 46.4 Å². The number of amides is 1. The third kappa shape index (κ3) is 6.19. The minimum atomic E-state index is -4.54. The first-order valence-electron chi connectivity index (χ1n) is 7.38. The summed E-state index contributed by atoms with van der Waals surface area (Å²) in [4.78, 5) is 10.5. The number of carbonyl (C=O) groups excluding carboxylic acids is 1. The number of amidine groups is 1. The Balaban J connectivity index is 2.38. The number of anilines is 1. The molecule has 2 aromatic carbocycles. The SMILES string of the molecule is NC(=O)/C(N=Nc1cc(S(=O)(=O)O)ccc1Cl)=N/Nc1cc(S(=O)(=O)O)ccc1Cl. The molecule has 160 valence electrons. The molecular formula is C14H11Cl2N5O7S2. The molecule has 0 saturated heterocycles. The minimum Gasteiger partial charge on any atom is -0.363 e. The van der Waals surface area contributed by atoms with Gasteiger partial charge in [-0.2, -0.15) is 16.8 Å². The molecule has 0 bridgehead atoms. The summed E-state index contributed by atoms with van der Waals surface area (Å²) in [6.07, 6.45) is 0. The number of carbonyl (C=O) groups is 1. The number of azo groups is 1. The first-order valence-corrected chi connectivity index (χ1v) is 11.0. The monoisotopic (exact) mass is 495 g/mol. The predicted octanol–water partition coefficient (Wildman–Crippen LogP) is 2.48. The van der Waals surface area contributed by atoms with Crippen molar-refractivity contribution < 1.29 is 30.7 Å². The van der Waals surface area contributed by atoms with Gasteiger partial charge < -0.3 is 5.73 Å². The van der Waals surface area contributed by atoms with Gasteiger partial charge in [-0.25, -0.2) is 0 Å². The summed E-state index contributed by atoms with van der Waals surface area (Å²) in [6, 6.07) is 6.15. The Bertz CT molecular complexity index is 1280. The Kier molecular flexibility index (Phi) is 7.12. The molecule has 0 atom stereocenters. The maximum absolute atomic E-state index is 11.5. The van der Waals surface area contributed by atoms with Crippen LogP contribution in [0.2, 0.25) is 10.0 Å². The normalized spacial score (nSPS) is 12.9. The van der Waals surface area contributed by atoms with Crippen LogP contribution in [0.15, 0.2) is 61.5 Å². The molecule has 0 heterocycles. The smallest absolute Gasteiger partial charge is 0.294 e. The number of nitrogens with two attached hydrogens (primary N) is 1. The number of hydrazone groups is 1. The van der Waals surface area contributed by atoms with Crippen LogP contribution in [-0.4, -0.2) is 37.7 Å². The lowest BCUT2D eigenvalue weighted by Gasteiger charge is -2.06. The van der Waals surface area contributed by atoms with Crippen molar-refractivity contribution >= 4 is 66.6 Å². The van der Waals surface area contributed by atoms with Gasteiger partial charge in [-0.3, -0.25) is 19.3 Å². The molecule has 0 aliphatic rings. The predicted molar refractivity (Wildman–Crippen MR) is 107 cm³/mol. The fraction of sp³-hybridized carbons (Fsp3) is 0. The van der Waals surface area contributed by atoms with E-state index in [0.717, 1.165) is 36.4 Å². The van der Waals surface area contributed by atoms with E-state index in [4.69, 9.17) is 38.0 Å². The van der Waals surface area contributed by atoms with E-state index in [-0.39, 0.29) is 21.4 Å². The summed E-state index contributed by atoms with van der Waals surface area (Å²) in [5.74, 6) is -1.90. The maximum Gasteiger partial charge on any atom is 0.294 e. The van der Waals surface area contributed by atoms with E-state index in [1.807, 2.05) is 0 Å². The fourth-order valence-electron chi connectivity index (χ4n) is 1.82. The van der Waals surface area contributed by atoms with Crippen molar-refractivity contribution in [2.24, 2.45) is 21.1 Å². The van der Waals surface area contributed by atoms with Crippen LogP contribution in [0.4, 0.5) is 11.4 Å². The van der Waals surface area contributed by atoms with Gasteiger partial charge in [-0.15, -0.1) is 15.3 Å². The number of nitrogens with zero attached hydrogens (tertiary/aromatic N) is 3. The second kappa shape index (κ2) is 9.03. The van der Waals surface area contributed by atoms with Crippen molar-refractivity contribution in [2.75, 3.05) is 5.43 Å². The molecule has 2 rings (SSSR count). The molecule has 0 spiro atoms. The summed E-state index contributed by atoms with van der Waals surface area (Å²) >= 11 is 11.8. The van der Waals surface area contributed by atoms with Crippen molar-refractivity contribution in [2.45, 2.75) is 9.79 Å². The Morgan fingerprint density at radius 3 is 2.00 bits per heavy atom. The number of primary amides is 1. The molecule has 0 saturated carbocycles. The van der Waals surface area contributed by atoms with Crippen LogP contribution in [0.1, 0.15) is 0 Å². The molecular weight excluding hydrogens is 485 g/mol. The fourth-order valence-corrected chi connectivity index (χ4v) is 3.14. The minimum absolute atomic E-state index is 0.0178. The van der Waals surface area contributed by atoms with Crippen LogP contribution in [0.5, 0.6) is 0 Å². The maximum atomic E-state index is 11.5. The van der Waals surface area contributed by atoms with E-state index < -0.39 is 41.8 Å². The number of nitrogens with one attached hydrogen (secondary N) is 1. The number of rotatable bonds is 5. The number of hydrogen-bond acceptors (Lipinski definition) is 8. The second-order valence-electron chi connectivity index (χ2n) is 5.32. The second-order valence-corrected chi connectivity index (χ2v) is 8.97. The summed E-state index contributed by atoms with van der Waals surface area (Å²) in [5, 5.41) is 10.5. The highest BCUT2D eigenvalue weighted by Crippen LogP contribution is 2.28. The van der Waals surface area contributed by atoms with E-state index >= 15 is 0 Å². The summed E-state index contributed by atoms with van der Waals surface area (Å²) in [7, 11) is -9.07. The van der Waals surface area contributed by atoms with Crippen LogP contribution >= 0.6 is 23.2 Å². The molecule has 0 aliphatic carbocycles. The highest BCUT2D eigenvalue weighted by atomic mass is 35.5. The van der Waals surface area contributed by atoms with E-state index in [0.29, 0.717) is 0 Å². The Morgan fingerprint density at radius 1 is 0.933 bits per heavy atom. The van der Waals surface area contributed by atoms with Crippen LogP contribution in [0, 0.1) is 0 Å². The van der Waals surface area contributed by atoms with E-state index in [9.17, 15) is 21.6 Å². The highest BCUT2D eigenvalue weighted by Gasteiger charge is 2.14. The number of halogens is 2. The average molecular weight is 496 g/mol. The quantitative estimate of drug-likeness (QED) is 0.159. The number of hydrogen-bond donors (Lipinski definition) is 4. The van der Waals surface area contributed by atoms with Gasteiger partial charge in [0.15, 0.2) is 0 Å². The lowest BCUT2D eigenvalue weighted by Crippen LogP contribution is -2.22. The van der Waals surface area contributed by atoms with Crippen molar-refractivity contribution in [3.8, 4) is 0 Å². The van der Waals surface area contributed by atoms with Crippen LogP contribution in [0.3, 0.4) is 0 Å². The van der Waals surface area contributed by atoms with Gasteiger partial charge in [0.25, 0.3) is 32.0 Å². The van der Waals surface area contributed by atoms with Crippen molar-refractivity contribution in [3.63, 3.8) is 0 Å². The molecule has 5 N–H and O–H groups in total. The Hall–Kier alpha value is -2.62. The van der Waals surface area contributed by atoms with Crippen molar-refractivity contribution in [1.82, 2.24) is 0 Å². The van der Waals surface area contributed by atoms with Gasteiger partial charge in [-0.05, 0) is 36.4 Å². The molecule has 2 aromatic rings. The lowest BCUT2D eigenvalue weighted by molar-refractivity contribution is -0.112. The summed E-state index contributed by atoms with van der Waals surface area (Å²) in [6.45, 7) is 0. The first-order chi connectivity index (χ1) is 13.8. The highest BCUT2D eigenvalue weighted by molar-refractivity contribution is 7.86. The van der Waals surface area contributed by atoms with E-state index in [1.54, 1.807) is 0 Å². The number of benzene rings is 2. The molecule has 0 fully saturated rings. The topological polar surface area (TPSA) is 201 Å². The third-order valence-electron chi connectivity index (χ3n) is 3.21. The molecule has 0 unspecified atom stereocenters. The molecule has 30 heavy (non-hydrogen) atoms. The molecule has 12 nitrogen and oxygen atoms in total. The van der Waals surface area contributed by atoms with Crippen LogP contribution in [0.25, 0.3) is 0 Å².